The molecule has 1 N–H and O–H groups in total. The van der Waals surface area contributed by atoms with Gasteiger partial charge in [-0.05, 0) is 18.4 Å². The van der Waals surface area contributed by atoms with E-state index in [1.165, 1.54) is 4.90 Å². The summed E-state index contributed by atoms with van der Waals surface area (Å²) in [4.78, 5) is 25.0. The highest BCUT2D eigenvalue weighted by Gasteiger charge is 2.27. The Bertz CT molecular complexity index is 319. The van der Waals surface area contributed by atoms with Crippen LogP contribution in [0.3, 0.4) is 0 Å². The molecule has 1 aliphatic carbocycles. The molecule has 1 saturated heterocycles. The molecule has 16 heavy (non-hydrogen) atoms. The highest BCUT2D eigenvalue weighted by atomic mass is 16.4. The number of allylic oxidation sites excluding steroid dienone is 1. The molecule has 0 unspecified atom stereocenters. The largest absolute Gasteiger partial charge is 0.465 e. The summed E-state index contributed by atoms with van der Waals surface area (Å²) in [6, 6.07) is 0.330. The van der Waals surface area contributed by atoms with Crippen molar-refractivity contribution in [2.45, 2.75) is 18.9 Å². The van der Waals surface area contributed by atoms with Crippen LogP contribution >= 0.6 is 0 Å². The monoisotopic (exact) mass is 224 g/mol. The molecule has 1 atom stereocenters. The predicted molar refractivity (Wildman–Crippen MR) is 58.3 cm³/mol. The molecular weight excluding hydrogens is 208 g/mol. The molecule has 1 amide bonds. The number of carbonyl (C=O) groups is 2. The predicted octanol–water partition coefficient (Wildman–Crippen LogP) is 0.570. The zero-order valence-electron chi connectivity index (χ0n) is 9.13. The van der Waals surface area contributed by atoms with Gasteiger partial charge in [-0.25, -0.2) is 4.79 Å². The van der Waals surface area contributed by atoms with Crippen LogP contribution in [-0.2, 0) is 4.79 Å². The summed E-state index contributed by atoms with van der Waals surface area (Å²) >= 11 is 0. The quantitative estimate of drug-likeness (QED) is 0.697. The van der Waals surface area contributed by atoms with Crippen LogP contribution in [0.1, 0.15) is 12.8 Å². The lowest BCUT2D eigenvalue weighted by molar-refractivity contribution is -0.105. The van der Waals surface area contributed by atoms with Crippen molar-refractivity contribution in [2.75, 3.05) is 26.2 Å². The van der Waals surface area contributed by atoms with E-state index in [9.17, 15) is 9.59 Å². The van der Waals surface area contributed by atoms with E-state index in [4.69, 9.17) is 5.11 Å². The van der Waals surface area contributed by atoms with Gasteiger partial charge in [0.05, 0.1) is 0 Å². The zero-order valence-corrected chi connectivity index (χ0v) is 9.13. The summed E-state index contributed by atoms with van der Waals surface area (Å²) in [6.45, 7) is 2.66. The Morgan fingerprint density at radius 3 is 2.56 bits per heavy atom. The van der Waals surface area contributed by atoms with Gasteiger partial charge >= 0.3 is 6.09 Å². The van der Waals surface area contributed by atoms with Gasteiger partial charge in [-0.2, -0.15) is 0 Å². The number of nitrogens with zero attached hydrogens (tertiary/aromatic N) is 2. The summed E-state index contributed by atoms with van der Waals surface area (Å²) in [7, 11) is 0. The second kappa shape index (κ2) is 4.65. The molecule has 1 heterocycles. The van der Waals surface area contributed by atoms with Crippen molar-refractivity contribution in [3.63, 3.8) is 0 Å². The molecule has 5 heteroatoms. The summed E-state index contributed by atoms with van der Waals surface area (Å²) in [6.07, 6.45) is 3.95. The first-order valence-electron chi connectivity index (χ1n) is 5.58. The minimum absolute atomic E-state index is 0.330. The fourth-order valence-electron chi connectivity index (χ4n) is 2.36. The molecule has 0 aromatic heterocycles. The number of hydrogen-bond donors (Lipinski definition) is 1. The average molecular weight is 224 g/mol. The molecular formula is C11H16N2O3. The third-order valence-corrected chi connectivity index (χ3v) is 3.34. The lowest BCUT2D eigenvalue weighted by Gasteiger charge is -2.36. The lowest BCUT2D eigenvalue weighted by Crippen LogP contribution is -2.50. The molecule has 0 saturated carbocycles. The van der Waals surface area contributed by atoms with Crippen molar-refractivity contribution >= 4 is 12.4 Å². The van der Waals surface area contributed by atoms with Gasteiger partial charge in [-0.3, -0.25) is 9.69 Å². The molecule has 0 aromatic carbocycles. The highest BCUT2D eigenvalue weighted by Crippen LogP contribution is 2.22. The van der Waals surface area contributed by atoms with Crippen LogP contribution in [0.25, 0.3) is 0 Å². The molecule has 0 radical (unpaired) electrons. The van der Waals surface area contributed by atoms with E-state index in [1.54, 1.807) is 0 Å². The molecule has 2 rings (SSSR count). The van der Waals surface area contributed by atoms with Crippen LogP contribution in [0, 0.1) is 0 Å². The number of hydrogen-bond acceptors (Lipinski definition) is 3. The van der Waals surface area contributed by atoms with E-state index in [-0.39, 0.29) is 0 Å². The molecule has 5 nitrogen and oxygen atoms in total. The van der Waals surface area contributed by atoms with E-state index >= 15 is 0 Å². The normalized spacial score (nSPS) is 26.6. The van der Waals surface area contributed by atoms with Gasteiger partial charge in [0.15, 0.2) is 0 Å². The first-order valence-corrected chi connectivity index (χ1v) is 5.58. The van der Waals surface area contributed by atoms with Gasteiger partial charge in [-0.1, -0.05) is 6.08 Å². The Morgan fingerprint density at radius 1 is 1.38 bits per heavy atom. The second-order valence-electron chi connectivity index (χ2n) is 4.27. The van der Waals surface area contributed by atoms with E-state index in [0.29, 0.717) is 19.1 Å². The van der Waals surface area contributed by atoms with Crippen LogP contribution in [0.2, 0.25) is 0 Å². The standard InChI is InChI=1S/C11H16N2O3/c14-8-9-1-2-10(7-9)12-3-5-13(6-4-12)11(15)16/h7-8,10H,1-6H2,(H,15,16)/t10-/m1/s1. The first-order chi connectivity index (χ1) is 7.70. The van der Waals surface area contributed by atoms with Crippen molar-refractivity contribution in [3.05, 3.63) is 11.6 Å². The number of piperazine rings is 1. The number of carboxylic acid groups (broad SMARTS) is 1. The van der Waals surface area contributed by atoms with Crippen molar-refractivity contribution < 1.29 is 14.7 Å². The van der Waals surface area contributed by atoms with E-state index in [2.05, 4.69) is 4.90 Å². The van der Waals surface area contributed by atoms with Crippen LogP contribution in [0.15, 0.2) is 11.6 Å². The van der Waals surface area contributed by atoms with E-state index < -0.39 is 6.09 Å². The minimum atomic E-state index is -0.838. The summed E-state index contributed by atoms with van der Waals surface area (Å²) in [5, 5.41) is 8.82. The highest BCUT2D eigenvalue weighted by molar-refractivity contribution is 5.74. The third-order valence-electron chi connectivity index (χ3n) is 3.34. The zero-order chi connectivity index (χ0) is 11.5. The molecule has 0 spiro atoms. The van der Waals surface area contributed by atoms with Crippen molar-refractivity contribution in [3.8, 4) is 0 Å². The van der Waals surface area contributed by atoms with Gasteiger partial charge in [0.1, 0.15) is 6.29 Å². The number of rotatable bonds is 2. The van der Waals surface area contributed by atoms with Crippen LogP contribution in [0.4, 0.5) is 4.79 Å². The maximum absolute atomic E-state index is 10.7. The number of amides is 1. The van der Waals surface area contributed by atoms with E-state index in [0.717, 1.165) is 37.8 Å². The lowest BCUT2D eigenvalue weighted by atomic mass is 10.2. The second-order valence-corrected chi connectivity index (χ2v) is 4.27. The van der Waals surface area contributed by atoms with Crippen molar-refractivity contribution in [1.29, 1.82) is 0 Å². The van der Waals surface area contributed by atoms with Crippen molar-refractivity contribution in [1.82, 2.24) is 9.80 Å². The Kier molecular flexibility index (Phi) is 3.24. The Morgan fingerprint density at radius 2 is 2.06 bits per heavy atom. The molecule has 2 aliphatic rings. The summed E-state index contributed by atoms with van der Waals surface area (Å²) in [5.74, 6) is 0. The van der Waals surface area contributed by atoms with Crippen LogP contribution < -0.4 is 0 Å². The third kappa shape index (κ3) is 2.24. The molecule has 88 valence electrons. The summed E-state index contributed by atoms with van der Waals surface area (Å²) < 4.78 is 0. The van der Waals surface area contributed by atoms with Gasteiger partial charge in [-0.15, -0.1) is 0 Å². The summed E-state index contributed by atoms with van der Waals surface area (Å²) in [5.41, 5.74) is 0.880. The molecule has 0 bridgehead atoms. The Balaban J connectivity index is 1.88. The molecule has 0 aromatic rings. The Labute approximate surface area is 94.3 Å². The smallest absolute Gasteiger partial charge is 0.407 e. The van der Waals surface area contributed by atoms with Gasteiger partial charge in [0.2, 0.25) is 0 Å². The average Bonchev–Trinajstić information content (AvgIpc) is 2.77. The minimum Gasteiger partial charge on any atom is -0.465 e. The maximum Gasteiger partial charge on any atom is 0.407 e. The van der Waals surface area contributed by atoms with Crippen molar-refractivity contribution in [2.24, 2.45) is 0 Å². The van der Waals surface area contributed by atoms with Crippen LogP contribution in [0.5, 0.6) is 0 Å². The number of aldehydes is 1. The maximum atomic E-state index is 10.7. The first kappa shape index (κ1) is 11.1. The fraction of sp³-hybridized carbons (Fsp3) is 0.636. The fourth-order valence-corrected chi connectivity index (χ4v) is 2.36. The molecule has 1 fully saturated rings. The molecule has 1 aliphatic heterocycles. The van der Waals surface area contributed by atoms with Gasteiger partial charge in [0, 0.05) is 32.2 Å². The Hall–Kier alpha value is -1.36. The van der Waals surface area contributed by atoms with Crippen LogP contribution in [-0.4, -0.2) is 59.5 Å². The van der Waals surface area contributed by atoms with Gasteiger partial charge in [0.25, 0.3) is 0 Å². The SMILES string of the molecule is O=CC1=C[C@H](N2CCN(C(=O)O)CC2)CC1. The van der Waals surface area contributed by atoms with E-state index in [1.807, 2.05) is 6.08 Å². The topological polar surface area (TPSA) is 60.9 Å². The van der Waals surface area contributed by atoms with Gasteiger partial charge < -0.3 is 10.0 Å². The number of carbonyl (C=O) groups excluding carboxylic acids is 1.